The van der Waals surface area contributed by atoms with Crippen molar-refractivity contribution in [2.24, 2.45) is 5.92 Å². The number of ketones is 1. The SMILES string of the molecule is CC(C)CC(NC(=O)C1CCc2ccccc2O1)C(=O)N[C@@H](Cc1ccccc1)C(=O)CSCc1ccco1. The van der Waals surface area contributed by atoms with Crippen molar-refractivity contribution < 1.29 is 23.5 Å². The third kappa shape index (κ3) is 8.48. The number of Topliss-reactive ketones (excluding diaryl/α,β-unsaturated/α-hetero) is 1. The first-order valence-corrected chi connectivity index (χ1v) is 14.6. The largest absolute Gasteiger partial charge is 0.480 e. The Kier molecular flexibility index (Phi) is 10.3. The molecule has 0 saturated heterocycles. The molecule has 2 amide bonds. The summed E-state index contributed by atoms with van der Waals surface area (Å²) in [6.07, 6.45) is 3.04. The molecule has 1 aromatic heterocycles. The molecule has 4 rings (SSSR count). The smallest absolute Gasteiger partial charge is 0.261 e. The van der Waals surface area contributed by atoms with Gasteiger partial charge in [-0.15, -0.1) is 11.8 Å². The van der Waals surface area contributed by atoms with E-state index in [2.05, 4.69) is 10.6 Å². The van der Waals surface area contributed by atoms with Crippen LogP contribution in [0.4, 0.5) is 0 Å². The number of carbonyl (C=O) groups excluding carboxylic acids is 3. The van der Waals surface area contributed by atoms with E-state index in [0.717, 1.165) is 23.3 Å². The standard InChI is InChI=1S/C31H36N2O5S/c1-21(2)17-26(33-31(36)29-15-14-23-11-6-7-13-28(23)38-29)30(35)32-25(18-22-9-4-3-5-10-22)27(34)20-39-19-24-12-8-16-37-24/h3-13,16,21,25-26,29H,14-15,17-20H2,1-2H3,(H,32,35)(H,33,36)/t25-,26?,29?/m0/s1. The van der Waals surface area contributed by atoms with Crippen molar-refractivity contribution in [3.63, 3.8) is 0 Å². The highest BCUT2D eigenvalue weighted by Gasteiger charge is 2.32. The van der Waals surface area contributed by atoms with Crippen LogP contribution >= 0.6 is 11.8 Å². The van der Waals surface area contributed by atoms with E-state index in [9.17, 15) is 14.4 Å². The van der Waals surface area contributed by atoms with Crippen molar-refractivity contribution in [2.45, 2.75) is 63.5 Å². The number of fused-ring (bicyclic) bond motifs is 1. The van der Waals surface area contributed by atoms with E-state index in [0.29, 0.717) is 30.8 Å². The highest BCUT2D eigenvalue weighted by Crippen LogP contribution is 2.27. The Balaban J connectivity index is 1.41. The summed E-state index contributed by atoms with van der Waals surface area (Å²) >= 11 is 1.45. The number of rotatable bonds is 13. The van der Waals surface area contributed by atoms with Crippen LogP contribution in [0.3, 0.4) is 0 Å². The molecule has 1 aliphatic heterocycles. The van der Waals surface area contributed by atoms with Crippen LogP contribution < -0.4 is 15.4 Å². The summed E-state index contributed by atoms with van der Waals surface area (Å²) in [7, 11) is 0. The van der Waals surface area contributed by atoms with Crippen molar-refractivity contribution >= 4 is 29.4 Å². The van der Waals surface area contributed by atoms with Crippen molar-refractivity contribution in [3.05, 3.63) is 89.9 Å². The number of furan rings is 1. The van der Waals surface area contributed by atoms with Gasteiger partial charge < -0.3 is 19.8 Å². The van der Waals surface area contributed by atoms with Crippen molar-refractivity contribution in [3.8, 4) is 5.75 Å². The third-order valence-corrected chi connectivity index (χ3v) is 7.58. The number of para-hydroxylation sites is 1. The molecule has 0 radical (unpaired) electrons. The molecule has 206 valence electrons. The molecule has 8 heteroatoms. The van der Waals surface area contributed by atoms with E-state index >= 15 is 0 Å². The average molecular weight is 549 g/mol. The van der Waals surface area contributed by atoms with Gasteiger partial charge in [-0.1, -0.05) is 62.4 Å². The van der Waals surface area contributed by atoms with Crippen LogP contribution in [0.15, 0.2) is 77.4 Å². The third-order valence-electron chi connectivity index (χ3n) is 6.61. The summed E-state index contributed by atoms with van der Waals surface area (Å²) in [4.78, 5) is 40.0. The van der Waals surface area contributed by atoms with Crippen LogP contribution in [0, 0.1) is 5.92 Å². The van der Waals surface area contributed by atoms with Gasteiger partial charge >= 0.3 is 0 Å². The Morgan fingerprint density at radius 1 is 0.949 bits per heavy atom. The van der Waals surface area contributed by atoms with Crippen molar-refractivity contribution in [1.82, 2.24) is 10.6 Å². The molecule has 0 bridgehead atoms. The number of ether oxygens (including phenoxy) is 1. The number of nitrogens with one attached hydrogen (secondary N) is 2. The van der Waals surface area contributed by atoms with Gasteiger partial charge in [-0.2, -0.15) is 0 Å². The Bertz CT molecular complexity index is 1230. The summed E-state index contributed by atoms with van der Waals surface area (Å²) in [6, 6.07) is 19.5. The number of benzene rings is 2. The van der Waals surface area contributed by atoms with Crippen LogP contribution in [0.1, 0.15) is 43.6 Å². The van der Waals surface area contributed by atoms with E-state index in [4.69, 9.17) is 9.15 Å². The average Bonchev–Trinajstić information content (AvgIpc) is 3.46. The molecule has 0 saturated carbocycles. The first kappa shape index (κ1) is 28.5. The molecule has 0 spiro atoms. The summed E-state index contributed by atoms with van der Waals surface area (Å²) in [5.74, 6) is 1.70. The fourth-order valence-corrected chi connectivity index (χ4v) is 5.46. The maximum Gasteiger partial charge on any atom is 0.261 e. The summed E-state index contributed by atoms with van der Waals surface area (Å²) < 4.78 is 11.3. The quantitative estimate of drug-likeness (QED) is 0.320. The van der Waals surface area contributed by atoms with Crippen LogP contribution in [0.2, 0.25) is 0 Å². The lowest BCUT2D eigenvalue weighted by molar-refractivity contribution is -0.134. The molecule has 0 aliphatic carbocycles. The van der Waals surface area contributed by atoms with Crippen LogP contribution in [0.25, 0.3) is 0 Å². The van der Waals surface area contributed by atoms with E-state index in [-0.39, 0.29) is 29.3 Å². The number of hydrogen-bond acceptors (Lipinski definition) is 6. The van der Waals surface area contributed by atoms with E-state index in [1.165, 1.54) is 11.8 Å². The highest BCUT2D eigenvalue weighted by molar-refractivity contribution is 7.99. The van der Waals surface area contributed by atoms with Gasteiger partial charge in [0.05, 0.1) is 23.8 Å². The van der Waals surface area contributed by atoms with Gasteiger partial charge in [0.2, 0.25) is 5.91 Å². The number of carbonyl (C=O) groups is 3. The van der Waals surface area contributed by atoms with Gasteiger partial charge in [-0.05, 0) is 60.9 Å². The lowest BCUT2D eigenvalue weighted by Crippen LogP contribution is -2.55. The first-order chi connectivity index (χ1) is 18.9. The topological polar surface area (TPSA) is 97.6 Å². The van der Waals surface area contributed by atoms with Crippen LogP contribution in [-0.2, 0) is 33.0 Å². The summed E-state index contributed by atoms with van der Waals surface area (Å²) in [5.41, 5.74) is 2.02. The highest BCUT2D eigenvalue weighted by atomic mass is 32.2. The van der Waals surface area contributed by atoms with Crippen molar-refractivity contribution in [2.75, 3.05) is 5.75 Å². The lowest BCUT2D eigenvalue weighted by atomic mass is 9.99. The van der Waals surface area contributed by atoms with Gasteiger partial charge in [0, 0.05) is 0 Å². The summed E-state index contributed by atoms with van der Waals surface area (Å²) in [5, 5.41) is 5.87. The van der Waals surface area contributed by atoms with Crippen molar-refractivity contribution in [1.29, 1.82) is 0 Å². The molecule has 3 atom stereocenters. The summed E-state index contributed by atoms with van der Waals surface area (Å²) in [6.45, 7) is 4.00. The lowest BCUT2D eigenvalue weighted by Gasteiger charge is -2.28. The predicted molar refractivity (Wildman–Crippen MR) is 153 cm³/mol. The first-order valence-electron chi connectivity index (χ1n) is 13.4. The molecule has 2 N–H and O–H groups in total. The van der Waals surface area contributed by atoms with E-state index in [1.807, 2.05) is 80.6 Å². The zero-order chi connectivity index (χ0) is 27.6. The maximum absolute atomic E-state index is 13.5. The van der Waals surface area contributed by atoms with E-state index < -0.39 is 18.2 Å². The van der Waals surface area contributed by atoms with Gasteiger partial charge in [-0.3, -0.25) is 14.4 Å². The zero-order valence-corrected chi connectivity index (χ0v) is 23.2. The normalized spacial score (nSPS) is 16.0. The molecule has 2 aromatic carbocycles. The second-order valence-electron chi connectivity index (χ2n) is 10.2. The molecule has 2 unspecified atom stereocenters. The molecular formula is C31H36N2O5S. The van der Waals surface area contributed by atoms with Gasteiger partial charge in [0.1, 0.15) is 17.6 Å². The fourth-order valence-electron chi connectivity index (χ4n) is 4.59. The zero-order valence-electron chi connectivity index (χ0n) is 22.4. The van der Waals surface area contributed by atoms with Gasteiger partial charge in [0.15, 0.2) is 11.9 Å². The minimum atomic E-state index is -0.778. The Labute approximate surface area is 234 Å². The molecular weight excluding hydrogens is 512 g/mol. The van der Waals surface area contributed by atoms with Gasteiger partial charge in [0.25, 0.3) is 5.91 Å². The predicted octanol–water partition coefficient (Wildman–Crippen LogP) is 4.73. The number of aryl methyl sites for hydroxylation is 1. The van der Waals surface area contributed by atoms with E-state index in [1.54, 1.807) is 6.26 Å². The second kappa shape index (κ2) is 14.0. The second-order valence-corrected chi connectivity index (χ2v) is 11.2. The maximum atomic E-state index is 13.5. The molecule has 3 aromatic rings. The number of thioether (sulfide) groups is 1. The Morgan fingerprint density at radius 2 is 1.72 bits per heavy atom. The van der Waals surface area contributed by atoms with Crippen LogP contribution in [-0.4, -0.2) is 41.5 Å². The minimum Gasteiger partial charge on any atom is -0.480 e. The molecule has 2 heterocycles. The van der Waals surface area contributed by atoms with Crippen LogP contribution in [0.5, 0.6) is 5.75 Å². The molecule has 7 nitrogen and oxygen atoms in total. The van der Waals surface area contributed by atoms with Gasteiger partial charge in [-0.25, -0.2) is 0 Å². The molecule has 1 aliphatic rings. The Morgan fingerprint density at radius 3 is 2.46 bits per heavy atom. The minimum absolute atomic E-state index is 0.0781. The Hall–Kier alpha value is -3.52. The fraction of sp³-hybridized carbons (Fsp3) is 0.387. The molecule has 39 heavy (non-hydrogen) atoms. The number of amides is 2. The molecule has 0 fully saturated rings. The monoisotopic (exact) mass is 548 g/mol. The number of hydrogen-bond donors (Lipinski definition) is 2.